The standard InChI is InChI=1S/C12H23NO/c1-9(2)14-12-7-10-5-4-6-11(8-12)13(10)3/h9-12H,4-8H2,1-3H3. The van der Waals surface area contributed by atoms with Gasteiger partial charge in [-0.25, -0.2) is 0 Å². The molecule has 2 atom stereocenters. The average molecular weight is 197 g/mol. The van der Waals surface area contributed by atoms with Crippen LogP contribution in [0.4, 0.5) is 0 Å². The predicted molar refractivity (Wildman–Crippen MR) is 58.4 cm³/mol. The van der Waals surface area contributed by atoms with Crippen LogP contribution in [0.2, 0.25) is 0 Å². The van der Waals surface area contributed by atoms with Crippen molar-refractivity contribution in [2.24, 2.45) is 0 Å². The molecule has 0 aromatic rings. The molecule has 0 radical (unpaired) electrons. The molecular weight excluding hydrogens is 174 g/mol. The zero-order valence-corrected chi connectivity index (χ0v) is 9.70. The molecule has 2 fully saturated rings. The second-order valence-electron chi connectivity index (χ2n) is 5.18. The van der Waals surface area contributed by atoms with Gasteiger partial charge < -0.3 is 9.64 Å². The van der Waals surface area contributed by atoms with Gasteiger partial charge in [-0.2, -0.15) is 0 Å². The molecule has 2 nitrogen and oxygen atoms in total. The maximum Gasteiger partial charge on any atom is 0.0608 e. The van der Waals surface area contributed by atoms with Gasteiger partial charge in [-0.3, -0.25) is 0 Å². The van der Waals surface area contributed by atoms with E-state index in [4.69, 9.17) is 4.74 Å². The van der Waals surface area contributed by atoms with E-state index in [1.54, 1.807) is 0 Å². The molecule has 0 aliphatic carbocycles. The summed E-state index contributed by atoms with van der Waals surface area (Å²) in [6.45, 7) is 4.29. The number of hydrogen-bond donors (Lipinski definition) is 0. The normalized spacial score (nSPS) is 39.0. The Kier molecular flexibility index (Phi) is 3.13. The number of piperidine rings is 2. The Morgan fingerprint density at radius 1 is 1.14 bits per heavy atom. The smallest absolute Gasteiger partial charge is 0.0608 e. The van der Waals surface area contributed by atoms with Crippen molar-refractivity contribution in [1.82, 2.24) is 4.90 Å². The lowest BCUT2D eigenvalue weighted by Crippen LogP contribution is -2.52. The first kappa shape index (κ1) is 10.4. The molecule has 0 saturated carbocycles. The topological polar surface area (TPSA) is 12.5 Å². The van der Waals surface area contributed by atoms with Gasteiger partial charge >= 0.3 is 0 Å². The summed E-state index contributed by atoms with van der Waals surface area (Å²) in [4.78, 5) is 2.59. The molecule has 82 valence electrons. The third-order valence-electron chi connectivity index (χ3n) is 3.76. The number of hydrogen-bond acceptors (Lipinski definition) is 2. The molecule has 0 spiro atoms. The third-order valence-corrected chi connectivity index (χ3v) is 3.76. The minimum Gasteiger partial charge on any atom is -0.375 e. The van der Waals surface area contributed by atoms with Gasteiger partial charge in [0.15, 0.2) is 0 Å². The Morgan fingerprint density at radius 2 is 1.71 bits per heavy atom. The van der Waals surface area contributed by atoms with Gasteiger partial charge in [0.1, 0.15) is 0 Å². The third kappa shape index (κ3) is 2.12. The van der Waals surface area contributed by atoms with Crippen LogP contribution in [0.25, 0.3) is 0 Å². The van der Waals surface area contributed by atoms with Crippen LogP contribution in [0.3, 0.4) is 0 Å². The van der Waals surface area contributed by atoms with Gasteiger partial charge in [0.2, 0.25) is 0 Å². The molecule has 0 amide bonds. The number of fused-ring (bicyclic) bond motifs is 2. The first-order valence-electron chi connectivity index (χ1n) is 6.04. The molecule has 2 rings (SSSR count). The van der Waals surface area contributed by atoms with E-state index in [0.29, 0.717) is 12.2 Å². The number of ether oxygens (including phenoxy) is 1. The predicted octanol–water partition coefficient (Wildman–Crippen LogP) is 2.43. The molecule has 2 heterocycles. The Balaban J connectivity index is 1.93. The van der Waals surface area contributed by atoms with Crippen LogP contribution in [0, 0.1) is 0 Å². The van der Waals surface area contributed by atoms with Gasteiger partial charge in [0.05, 0.1) is 12.2 Å². The van der Waals surface area contributed by atoms with Gasteiger partial charge in [-0.15, -0.1) is 0 Å². The maximum atomic E-state index is 5.95. The van der Waals surface area contributed by atoms with Crippen LogP contribution < -0.4 is 0 Å². The van der Waals surface area contributed by atoms with Crippen molar-refractivity contribution in [3.63, 3.8) is 0 Å². The van der Waals surface area contributed by atoms with E-state index >= 15 is 0 Å². The summed E-state index contributed by atoms with van der Waals surface area (Å²) in [5, 5.41) is 0. The van der Waals surface area contributed by atoms with Gasteiger partial charge in [-0.05, 0) is 46.6 Å². The molecule has 2 heteroatoms. The summed E-state index contributed by atoms with van der Waals surface area (Å²) < 4.78 is 5.95. The number of nitrogens with zero attached hydrogens (tertiary/aromatic N) is 1. The van der Waals surface area contributed by atoms with E-state index in [-0.39, 0.29) is 0 Å². The molecule has 0 aromatic heterocycles. The highest BCUT2D eigenvalue weighted by Crippen LogP contribution is 2.34. The van der Waals surface area contributed by atoms with Crippen LogP contribution in [-0.4, -0.2) is 36.2 Å². The molecule has 2 saturated heterocycles. The van der Waals surface area contributed by atoms with Crippen LogP contribution in [0.1, 0.15) is 46.0 Å². The summed E-state index contributed by atoms with van der Waals surface area (Å²) in [6, 6.07) is 1.59. The molecule has 0 aromatic carbocycles. The van der Waals surface area contributed by atoms with Crippen LogP contribution >= 0.6 is 0 Å². The zero-order valence-electron chi connectivity index (χ0n) is 9.70. The SMILES string of the molecule is CC(C)OC1CC2CCCC(C1)N2C. The Bertz CT molecular complexity index is 179. The maximum absolute atomic E-state index is 5.95. The van der Waals surface area contributed by atoms with Crippen molar-refractivity contribution in [2.45, 2.75) is 70.2 Å². The Labute approximate surface area is 87.6 Å². The molecule has 2 bridgehead atoms. The van der Waals surface area contributed by atoms with Gasteiger partial charge in [0.25, 0.3) is 0 Å². The largest absolute Gasteiger partial charge is 0.375 e. The Hall–Kier alpha value is -0.0800. The van der Waals surface area contributed by atoms with Crippen molar-refractivity contribution in [3.8, 4) is 0 Å². The first-order valence-corrected chi connectivity index (χ1v) is 6.04. The minimum absolute atomic E-state index is 0.393. The first-order chi connectivity index (χ1) is 6.66. The van der Waals surface area contributed by atoms with E-state index < -0.39 is 0 Å². The fraction of sp³-hybridized carbons (Fsp3) is 1.00. The van der Waals surface area contributed by atoms with Crippen molar-refractivity contribution in [3.05, 3.63) is 0 Å². The molecule has 14 heavy (non-hydrogen) atoms. The summed E-state index contributed by atoms with van der Waals surface area (Å²) in [5.41, 5.74) is 0. The van der Waals surface area contributed by atoms with E-state index in [2.05, 4.69) is 25.8 Å². The Morgan fingerprint density at radius 3 is 2.21 bits per heavy atom. The van der Waals surface area contributed by atoms with E-state index in [1.807, 2.05) is 0 Å². The lowest BCUT2D eigenvalue weighted by molar-refractivity contribution is -0.0715. The summed E-state index contributed by atoms with van der Waals surface area (Å²) in [5.74, 6) is 0. The van der Waals surface area contributed by atoms with Gasteiger partial charge in [-0.1, -0.05) is 6.42 Å². The quantitative estimate of drug-likeness (QED) is 0.674. The van der Waals surface area contributed by atoms with Crippen molar-refractivity contribution >= 4 is 0 Å². The lowest BCUT2D eigenvalue weighted by Gasteiger charge is -2.47. The lowest BCUT2D eigenvalue weighted by atomic mass is 9.83. The van der Waals surface area contributed by atoms with Gasteiger partial charge in [0, 0.05) is 12.1 Å². The molecule has 2 aliphatic heterocycles. The van der Waals surface area contributed by atoms with E-state index in [0.717, 1.165) is 12.1 Å². The van der Waals surface area contributed by atoms with Crippen LogP contribution in [-0.2, 0) is 4.74 Å². The summed E-state index contributed by atoms with van der Waals surface area (Å²) >= 11 is 0. The highest BCUT2D eigenvalue weighted by molar-refractivity contribution is 4.91. The van der Waals surface area contributed by atoms with Crippen molar-refractivity contribution < 1.29 is 4.74 Å². The van der Waals surface area contributed by atoms with Crippen molar-refractivity contribution in [1.29, 1.82) is 0 Å². The average Bonchev–Trinajstić information content (AvgIpc) is 2.05. The highest BCUT2D eigenvalue weighted by Gasteiger charge is 2.36. The molecular formula is C12H23NO. The van der Waals surface area contributed by atoms with Crippen LogP contribution in [0.15, 0.2) is 0 Å². The van der Waals surface area contributed by atoms with Crippen LogP contribution in [0.5, 0.6) is 0 Å². The fourth-order valence-corrected chi connectivity index (χ4v) is 3.06. The second kappa shape index (κ2) is 4.19. The number of rotatable bonds is 2. The summed E-state index contributed by atoms with van der Waals surface area (Å²) in [7, 11) is 2.29. The monoisotopic (exact) mass is 197 g/mol. The second-order valence-corrected chi connectivity index (χ2v) is 5.18. The zero-order chi connectivity index (χ0) is 10.1. The highest BCUT2D eigenvalue weighted by atomic mass is 16.5. The molecule has 2 unspecified atom stereocenters. The van der Waals surface area contributed by atoms with Crippen molar-refractivity contribution in [2.75, 3.05) is 7.05 Å². The van der Waals surface area contributed by atoms with E-state index in [9.17, 15) is 0 Å². The molecule has 2 aliphatic rings. The summed E-state index contributed by atoms with van der Waals surface area (Å²) in [6.07, 6.45) is 7.62. The molecule has 0 N–H and O–H groups in total. The minimum atomic E-state index is 0.393. The fourth-order valence-electron chi connectivity index (χ4n) is 3.06. The van der Waals surface area contributed by atoms with E-state index in [1.165, 1.54) is 32.1 Å².